The molecule has 4 nitrogen and oxygen atoms in total. The molecule has 2 atom stereocenters. The van der Waals surface area contributed by atoms with E-state index in [4.69, 9.17) is 0 Å². The van der Waals surface area contributed by atoms with Gasteiger partial charge < -0.3 is 21.3 Å². The van der Waals surface area contributed by atoms with Gasteiger partial charge in [0.05, 0.1) is 33.6 Å². The predicted octanol–water partition coefficient (Wildman–Crippen LogP) is 8.66. The smallest absolute Gasteiger partial charge is 0.0735 e. The van der Waals surface area contributed by atoms with Gasteiger partial charge in [0.25, 0.3) is 0 Å². The molecular weight excluding hydrogens is 667 g/mol. The van der Waals surface area contributed by atoms with Gasteiger partial charge in [-0.05, 0) is 179 Å². The Labute approximate surface area is 306 Å². The van der Waals surface area contributed by atoms with Crippen molar-refractivity contribution in [1.82, 2.24) is 21.3 Å². The normalized spacial score (nSPS) is 43.5. The molecule has 49 heavy (non-hydrogen) atoms. The van der Waals surface area contributed by atoms with Crippen molar-refractivity contribution in [3.05, 3.63) is 22.4 Å². The minimum atomic E-state index is -1.59. The Kier molecular flexibility index (Phi) is 9.07. The third kappa shape index (κ3) is 6.01. The monoisotopic (exact) mass is 738 g/mol. The molecule has 2 saturated heterocycles. The van der Waals surface area contributed by atoms with E-state index in [0.29, 0.717) is 15.9 Å². The summed E-state index contributed by atoms with van der Waals surface area (Å²) in [5.41, 5.74) is 4.48. The second-order valence-electron chi connectivity index (χ2n) is 21.8. The summed E-state index contributed by atoms with van der Waals surface area (Å²) in [6, 6.07) is 0. The van der Waals surface area contributed by atoms with E-state index in [1.807, 2.05) is 10.8 Å². The SMILES string of the molecule is C[Si](C)(C)C1=CC(C(P)(C2NCCCN2)C2NCCCN2)=C(CP(C23CC4CC(CC(C4)C2)C3)C23CC4CC(CC(C4)C2)C3)C1[Si](C)(C)C. The third-order valence-corrected chi connectivity index (χ3v) is 25.9. The first kappa shape index (κ1) is 35.3. The molecule has 0 aromatic heterocycles. The minimum absolute atomic E-state index is 0.102. The fourth-order valence-corrected chi connectivity index (χ4v) is 27.8. The lowest BCUT2D eigenvalue weighted by atomic mass is 9.55. The van der Waals surface area contributed by atoms with Crippen LogP contribution in [0.5, 0.6) is 0 Å². The van der Waals surface area contributed by atoms with Crippen LogP contribution in [0, 0.1) is 35.5 Å². The summed E-state index contributed by atoms with van der Waals surface area (Å²) in [6.45, 7) is 20.8. The van der Waals surface area contributed by atoms with Gasteiger partial charge in [-0.2, -0.15) is 0 Å². The van der Waals surface area contributed by atoms with Crippen molar-refractivity contribution >= 4 is 33.3 Å². The van der Waals surface area contributed by atoms with Crippen LogP contribution >= 0.6 is 17.2 Å². The minimum Gasteiger partial charge on any atom is -0.301 e. The summed E-state index contributed by atoms with van der Waals surface area (Å²) >= 11 is 0. The van der Waals surface area contributed by atoms with Crippen LogP contribution in [0.25, 0.3) is 0 Å². The molecule has 11 aliphatic rings. The second kappa shape index (κ2) is 12.6. The van der Waals surface area contributed by atoms with Gasteiger partial charge in [0.2, 0.25) is 0 Å². The molecule has 274 valence electrons. The first-order chi connectivity index (χ1) is 23.3. The molecule has 8 saturated carbocycles. The number of hydrogen-bond donors (Lipinski definition) is 4. The molecule has 0 amide bonds. The third-order valence-electron chi connectivity index (χ3n) is 16.0. The summed E-state index contributed by atoms with van der Waals surface area (Å²) in [7, 11) is 0.338. The zero-order valence-electron chi connectivity index (χ0n) is 32.2. The zero-order valence-corrected chi connectivity index (χ0v) is 36.3. The Bertz CT molecular complexity index is 1220. The molecule has 8 heteroatoms. The number of rotatable bonds is 9. The predicted molar refractivity (Wildman–Crippen MR) is 220 cm³/mol. The summed E-state index contributed by atoms with van der Waals surface area (Å²) < 4.78 is 0. The van der Waals surface area contributed by atoms with Crippen LogP contribution in [0.2, 0.25) is 44.8 Å². The maximum absolute atomic E-state index is 4.08. The van der Waals surface area contributed by atoms with Gasteiger partial charge in [-0.25, -0.2) is 0 Å². The maximum Gasteiger partial charge on any atom is 0.0735 e. The summed E-state index contributed by atoms with van der Waals surface area (Å²) in [5.74, 6) is 6.32. The van der Waals surface area contributed by atoms with Crippen LogP contribution in [-0.4, -0.2) is 76.3 Å². The van der Waals surface area contributed by atoms with Crippen LogP contribution in [0.1, 0.15) is 89.9 Å². The fraction of sp³-hybridized carbons (Fsp3) is 0.902. The van der Waals surface area contributed by atoms with Gasteiger partial charge in [0.15, 0.2) is 0 Å². The zero-order chi connectivity index (χ0) is 34.0. The standard InChI is InChI=1S/C41H72N4P2Si2/c1-48(2,3)35-19-34(41(46,37-42-9-7-10-43-37)38-44-11-8-12-45-38)33(36(35)49(4,5)6)26-47(39-20-27-13-28(21-39)15-29(14-27)22-39)40-23-30-16-31(24-40)18-32(17-30)25-40/h19,27-32,36-38,42-45H,7-18,20-26,46H2,1-6H3. The second-order valence-corrected chi connectivity index (χ2v) is 36.2. The molecule has 0 aromatic carbocycles. The molecule has 0 radical (unpaired) electrons. The highest BCUT2D eigenvalue weighted by Gasteiger charge is 2.63. The fourth-order valence-electron chi connectivity index (χ4n) is 15.2. The van der Waals surface area contributed by atoms with Crippen molar-refractivity contribution in [3.63, 3.8) is 0 Å². The van der Waals surface area contributed by atoms with E-state index >= 15 is 0 Å². The Balaban J connectivity index is 1.23. The Morgan fingerprint density at radius 2 is 1.02 bits per heavy atom. The van der Waals surface area contributed by atoms with E-state index < -0.39 is 16.1 Å². The van der Waals surface area contributed by atoms with Gasteiger partial charge >= 0.3 is 0 Å². The highest BCUT2D eigenvalue weighted by molar-refractivity contribution is 7.61. The molecule has 0 spiro atoms. The van der Waals surface area contributed by atoms with Crippen LogP contribution in [0.15, 0.2) is 22.4 Å². The molecule has 0 aromatic rings. The Morgan fingerprint density at radius 3 is 1.35 bits per heavy atom. The van der Waals surface area contributed by atoms with E-state index in [1.54, 1.807) is 82.6 Å². The van der Waals surface area contributed by atoms with Gasteiger partial charge in [0, 0.05) is 0 Å². The lowest BCUT2D eigenvalue weighted by molar-refractivity contribution is 0.0187. The molecule has 2 aliphatic heterocycles. The largest absolute Gasteiger partial charge is 0.301 e. The summed E-state index contributed by atoms with van der Waals surface area (Å²) in [5, 5.41) is 19.5. The van der Waals surface area contributed by atoms with Crippen molar-refractivity contribution in [3.8, 4) is 0 Å². The van der Waals surface area contributed by atoms with Crippen molar-refractivity contribution < 1.29 is 0 Å². The van der Waals surface area contributed by atoms with Gasteiger partial charge in [0.1, 0.15) is 0 Å². The van der Waals surface area contributed by atoms with Crippen LogP contribution in [0.3, 0.4) is 0 Å². The van der Waals surface area contributed by atoms with Crippen molar-refractivity contribution in [2.24, 2.45) is 35.5 Å². The lowest BCUT2D eigenvalue weighted by Gasteiger charge is -2.68. The Morgan fingerprint density at radius 1 is 0.653 bits per heavy atom. The first-order valence-corrected chi connectivity index (χ1v) is 30.4. The molecular formula is C41H72N4P2Si2. The lowest BCUT2D eigenvalue weighted by Crippen LogP contribution is -2.71. The summed E-state index contributed by atoms with van der Waals surface area (Å²) in [4.78, 5) is 0. The van der Waals surface area contributed by atoms with E-state index in [9.17, 15) is 0 Å². The van der Waals surface area contributed by atoms with Crippen LogP contribution in [0.4, 0.5) is 0 Å². The quantitative estimate of drug-likeness (QED) is 0.141. The van der Waals surface area contributed by atoms with Crippen molar-refractivity contribution in [1.29, 1.82) is 0 Å². The highest BCUT2D eigenvalue weighted by atomic mass is 31.1. The number of hydrogen-bond acceptors (Lipinski definition) is 4. The maximum atomic E-state index is 4.08. The molecule has 11 rings (SSSR count). The number of nitrogens with one attached hydrogen (secondary N) is 4. The number of allylic oxidation sites excluding steroid dienone is 3. The topological polar surface area (TPSA) is 48.1 Å². The molecule has 9 aliphatic carbocycles. The van der Waals surface area contributed by atoms with Crippen LogP contribution in [-0.2, 0) is 0 Å². The average molecular weight is 739 g/mol. The van der Waals surface area contributed by atoms with E-state index in [-0.39, 0.29) is 25.4 Å². The van der Waals surface area contributed by atoms with E-state index in [2.05, 4.69) is 75.9 Å². The molecule has 2 unspecified atom stereocenters. The molecule has 4 N–H and O–H groups in total. The first-order valence-electron chi connectivity index (χ1n) is 21.2. The summed E-state index contributed by atoms with van der Waals surface area (Å²) in [6.07, 6.45) is 26.6. The molecule has 10 fully saturated rings. The van der Waals surface area contributed by atoms with E-state index in [1.165, 1.54) is 19.0 Å². The van der Waals surface area contributed by atoms with Crippen molar-refractivity contribution in [2.45, 2.75) is 163 Å². The average Bonchev–Trinajstić information content (AvgIpc) is 3.44. The van der Waals surface area contributed by atoms with Gasteiger partial charge in [-0.1, -0.05) is 64.0 Å². The van der Waals surface area contributed by atoms with Crippen LogP contribution < -0.4 is 21.3 Å². The Hall–Kier alpha value is 0.614. The van der Waals surface area contributed by atoms with Gasteiger partial charge in [-0.15, -0.1) is 9.24 Å². The highest BCUT2D eigenvalue weighted by Crippen LogP contribution is 2.80. The molecule has 2 heterocycles. The van der Waals surface area contributed by atoms with Crippen molar-refractivity contribution in [2.75, 3.05) is 32.3 Å². The van der Waals surface area contributed by atoms with Gasteiger partial charge in [-0.3, -0.25) is 0 Å². The van der Waals surface area contributed by atoms with E-state index in [0.717, 1.165) is 61.7 Å². The molecule has 8 bridgehead atoms.